The van der Waals surface area contributed by atoms with E-state index in [4.69, 9.17) is 0 Å². The molecular formula is C24H28F2N4O. The monoisotopic (exact) mass is 426 g/mol. The lowest BCUT2D eigenvalue weighted by molar-refractivity contribution is -0.132. The first-order valence-corrected chi connectivity index (χ1v) is 10.5. The molecule has 0 saturated heterocycles. The highest BCUT2D eigenvalue weighted by atomic mass is 19.1. The number of carbonyl (C=O) groups excluding carboxylic acids is 1. The first kappa shape index (κ1) is 22.6. The topological polar surface area (TPSA) is 52.2 Å². The van der Waals surface area contributed by atoms with Gasteiger partial charge in [0.2, 0.25) is 5.91 Å². The van der Waals surface area contributed by atoms with Crippen LogP contribution in [0.4, 0.5) is 8.78 Å². The Kier molecular flexibility index (Phi) is 7.89. The van der Waals surface area contributed by atoms with Gasteiger partial charge in [-0.1, -0.05) is 12.1 Å². The minimum Gasteiger partial charge on any atom is -0.338 e. The molecule has 1 amide bonds. The van der Waals surface area contributed by atoms with E-state index in [9.17, 15) is 13.6 Å². The van der Waals surface area contributed by atoms with Gasteiger partial charge in [0.1, 0.15) is 11.6 Å². The number of hydrogen-bond donors (Lipinski definition) is 1. The van der Waals surface area contributed by atoms with Crippen LogP contribution in [0.5, 0.6) is 0 Å². The molecule has 2 aromatic carbocycles. The zero-order chi connectivity index (χ0) is 22.2. The predicted octanol–water partition coefficient (Wildman–Crippen LogP) is 4.27. The summed E-state index contributed by atoms with van der Waals surface area (Å²) >= 11 is 0. The molecule has 0 aliphatic rings. The lowest BCUT2D eigenvalue weighted by Crippen LogP contribution is -2.38. The van der Waals surface area contributed by atoms with E-state index in [1.165, 1.54) is 24.3 Å². The minimum atomic E-state index is -0.292. The molecule has 0 saturated carbocycles. The number of halogens is 2. The maximum atomic E-state index is 13.4. The molecule has 7 heteroatoms. The van der Waals surface area contributed by atoms with Crippen LogP contribution < -0.4 is 0 Å². The molecule has 0 aliphatic carbocycles. The highest BCUT2D eigenvalue weighted by Crippen LogP contribution is 2.18. The zero-order valence-corrected chi connectivity index (χ0v) is 17.9. The van der Waals surface area contributed by atoms with Gasteiger partial charge in [0.15, 0.2) is 0 Å². The highest BCUT2D eigenvalue weighted by Gasteiger charge is 2.15. The number of aromatic nitrogens is 2. The number of likely N-dealkylation sites (N-methyl/N-ethyl adjacent to an activating group) is 2. The summed E-state index contributed by atoms with van der Waals surface area (Å²) in [5, 5.41) is 7.32. The van der Waals surface area contributed by atoms with Crippen molar-refractivity contribution in [1.29, 1.82) is 0 Å². The highest BCUT2D eigenvalue weighted by molar-refractivity contribution is 5.78. The zero-order valence-electron chi connectivity index (χ0n) is 17.9. The van der Waals surface area contributed by atoms with Crippen LogP contribution >= 0.6 is 0 Å². The van der Waals surface area contributed by atoms with Crippen LogP contribution in [0, 0.1) is 11.6 Å². The standard InChI is InChI=1S/C24H28F2N4O/c1-3-30(16-18-6-4-7-21(26)14-18)24(31)17-29(2)13-5-8-22-15-23(28-27-22)19-9-11-20(25)12-10-19/h4,6-7,9-12,14-15H,3,5,8,13,16-17H2,1-2H3,(H,27,28). The van der Waals surface area contributed by atoms with E-state index in [1.807, 2.05) is 31.0 Å². The van der Waals surface area contributed by atoms with E-state index in [0.717, 1.165) is 41.9 Å². The maximum Gasteiger partial charge on any atom is 0.237 e. The quantitative estimate of drug-likeness (QED) is 0.527. The number of benzene rings is 2. The van der Waals surface area contributed by atoms with Crippen molar-refractivity contribution in [3.8, 4) is 11.3 Å². The first-order valence-electron chi connectivity index (χ1n) is 10.5. The lowest BCUT2D eigenvalue weighted by Gasteiger charge is -2.24. The largest absolute Gasteiger partial charge is 0.338 e. The average molecular weight is 427 g/mol. The molecule has 0 fully saturated rings. The van der Waals surface area contributed by atoms with Crippen molar-refractivity contribution in [3.63, 3.8) is 0 Å². The molecule has 1 N–H and O–H groups in total. The Morgan fingerprint density at radius 3 is 2.55 bits per heavy atom. The van der Waals surface area contributed by atoms with Crippen molar-refractivity contribution >= 4 is 5.91 Å². The smallest absolute Gasteiger partial charge is 0.237 e. The molecule has 5 nitrogen and oxygen atoms in total. The van der Waals surface area contributed by atoms with Gasteiger partial charge >= 0.3 is 0 Å². The van der Waals surface area contributed by atoms with Crippen molar-refractivity contribution in [2.45, 2.75) is 26.3 Å². The molecule has 0 aliphatic heterocycles. The molecule has 3 rings (SSSR count). The van der Waals surface area contributed by atoms with Gasteiger partial charge in [-0.3, -0.25) is 14.8 Å². The van der Waals surface area contributed by atoms with Gasteiger partial charge in [-0.25, -0.2) is 8.78 Å². The van der Waals surface area contributed by atoms with Crippen LogP contribution in [0.2, 0.25) is 0 Å². The SMILES string of the molecule is CCN(Cc1cccc(F)c1)C(=O)CN(C)CCCc1cc(-c2ccc(F)cc2)n[nH]1. The Morgan fingerprint density at radius 2 is 1.84 bits per heavy atom. The van der Waals surface area contributed by atoms with Gasteiger partial charge < -0.3 is 4.90 Å². The van der Waals surface area contributed by atoms with E-state index in [1.54, 1.807) is 23.1 Å². The number of rotatable bonds is 10. The Balaban J connectivity index is 1.44. The number of carbonyl (C=O) groups is 1. The van der Waals surface area contributed by atoms with Crippen LogP contribution in [0.25, 0.3) is 11.3 Å². The van der Waals surface area contributed by atoms with Gasteiger partial charge in [-0.15, -0.1) is 0 Å². The molecule has 0 unspecified atom stereocenters. The second-order valence-corrected chi connectivity index (χ2v) is 7.66. The molecular weight excluding hydrogens is 398 g/mol. The molecule has 0 atom stereocenters. The summed E-state index contributed by atoms with van der Waals surface area (Å²) in [5.74, 6) is -0.538. The number of nitrogens with zero attached hydrogens (tertiary/aromatic N) is 3. The summed E-state index contributed by atoms with van der Waals surface area (Å²) in [6, 6.07) is 14.6. The summed E-state index contributed by atoms with van der Waals surface area (Å²) in [7, 11) is 1.92. The third kappa shape index (κ3) is 6.72. The van der Waals surface area contributed by atoms with Gasteiger partial charge in [0, 0.05) is 24.3 Å². The van der Waals surface area contributed by atoms with Crippen LogP contribution in [0.15, 0.2) is 54.6 Å². The van der Waals surface area contributed by atoms with Crippen LogP contribution in [0.1, 0.15) is 24.6 Å². The van der Waals surface area contributed by atoms with Gasteiger partial charge in [0.25, 0.3) is 0 Å². The van der Waals surface area contributed by atoms with E-state index in [-0.39, 0.29) is 17.5 Å². The molecule has 0 radical (unpaired) electrons. The molecule has 164 valence electrons. The maximum absolute atomic E-state index is 13.4. The number of aromatic amines is 1. The fraction of sp³-hybridized carbons (Fsp3) is 0.333. The van der Waals surface area contributed by atoms with E-state index >= 15 is 0 Å². The number of hydrogen-bond acceptors (Lipinski definition) is 3. The van der Waals surface area contributed by atoms with Gasteiger partial charge in [-0.2, -0.15) is 5.10 Å². The fourth-order valence-electron chi connectivity index (χ4n) is 3.44. The first-order chi connectivity index (χ1) is 14.9. The van der Waals surface area contributed by atoms with Crippen molar-refractivity contribution < 1.29 is 13.6 Å². The third-order valence-electron chi connectivity index (χ3n) is 5.16. The molecule has 31 heavy (non-hydrogen) atoms. The van der Waals surface area contributed by atoms with Crippen LogP contribution in [-0.4, -0.2) is 52.6 Å². The summed E-state index contributed by atoms with van der Waals surface area (Å²) in [5.41, 5.74) is 3.44. The molecule has 1 aromatic heterocycles. The summed E-state index contributed by atoms with van der Waals surface area (Å²) < 4.78 is 26.5. The van der Waals surface area contributed by atoms with E-state index < -0.39 is 0 Å². The van der Waals surface area contributed by atoms with Crippen molar-refractivity contribution in [2.75, 3.05) is 26.7 Å². The van der Waals surface area contributed by atoms with Gasteiger partial charge in [0.05, 0.1) is 12.2 Å². The van der Waals surface area contributed by atoms with Crippen molar-refractivity contribution in [3.05, 3.63) is 77.5 Å². The number of amides is 1. The van der Waals surface area contributed by atoms with Crippen LogP contribution in [-0.2, 0) is 17.8 Å². The Hall–Kier alpha value is -3.06. The minimum absolute atomic E-state index is 0.0226. The lowest BCUT2D eigenvalue weighted by atomic mass is 10.1. The summed E-state index contributed by atoms with van der Waals surface area (Å²) in [6.07, 6.45) is 1.67. The Labute approximate surface area is 181 Å². The molecule has 0 bridgehead atoms. The molecule has 1 heterocycles. The van der Waals surface area contributed by atoms with Gasteiger partial charge in [-0.05, 0) is 81.4 Å². The molecule has 0 spiro atoms. The predicted molar refractivity (Wildman–Crippen MR) is 117 cm³/mol. The van der Waals surface area contributed by atoms with E-state index in [2.05, 4.69) is 10.2 Å². The Bertz CT molecular complexity index is 987. The second-order valence-electron chi connectivity index (χ2n) is 7.66. The number of aryl methyl sites for hydroxylation is 1. The fourth-order valence-corrected chi connectivity index (χ4v) is 3.44. The average Bonchev–Trinajstić information content (AvgIpc) is 3.21. The number of nitrogens with one attached hydrogen (secondary N) is 1. The molecule has 3 aromatic rings. The van der Waals surface area contributed by atoms with Crippen LogP contribution in [0.3, 0.4) is 0 Å². The Morgan fingerprint density at radius 1 is 1.06 bits per heavy atom. The third-order valence-corrected chi connectivity index (χ3v) is 5.16. The summed E-state index contributed by atoms with van der Waals surface area (Å²) in [6.45, 7) is 3.97. The van der Waals surface area contributed by atoms with Crippen molar-refractivity contribution in [2.24, 2.45) is 0 Å². The normalized spacial score (nSPS) is 11.1. The van der Waals surface area contributed by atoms with E-state index in [0.29, 0.717) is 19.6 Å². The number of H-pyrrole nitrogens is 1. The summed E-state index contributed by atoms with van der Waals surface area (Å²) in [4.78, 5) is 16.4. The second kappa shape index (κ2) is 10.8. The van der Waals surface area contributed by atoms with Crippen molar-refractivity contribution in [1.82, 2.24) is 20.0 Å².